The minimum atomic E-state index is -3.72. The molecule has 1 unspecified atom stereocenters. The molecule has 120 valence electrons. The van der Waals surface area contributed by atoms with E-state index in [4.69, 9.17) is 5.73 Å². The lowest BCUT2D eigenvalue weighted by atomic mass is 9.97. The molecule has 1 aromatic carbocycles. The van der Waals surface area contributed by atoms with Gasteiger partial charge in [0.2, 0.25) is 10.0 Å². The van der Waals surface area contributed by atoms with E-state index in [1.165, 1.54) is 0 Å². The predicted octanol–water partition coefficient (Wildman–Crippen LogP) is 1.96. The first-order valence-electron chi connectivity index (χ1n) is 7.27. The van der Waals surface area contributed by atoms with Crippen LogP contribution in [-0.2, 0) is 10.0 Å². The molecule has 5 nitrogen and oxygen atoms in total. The molecule has 0 saturated carbocycles. The van der Waals surface area contributed by atoms with Gasteiger partial charge in [0.05, 0.1) is 11.8 Å². The first-order chi connectivity index (χ1) is 9.74. The summed E-state index contributed by atoms with van der Waals surface area (Å²) in [5, 5.41) is 10.1. The first kappa shape index (κ1) is 17.9. The van der Waals surface area contributed by atoms with Crippen LogP contribution in [-0.4, -0.2) is 26.2 Å². The molecule has 6 heteroatoms. The van der Waals surface area contributed by atoms with Gasteiger partial charge in [-0.15, -0.1) is 0 Å². The largest absolute Gasteiger partial charge is 0.397 e. The number of hydrogen-bond donors (Lipinski definition) is 3. The topological polar surface area (TPSA) is 92.4 Å². The van der Waals surface area contributed by atoms with Gasteiger partial charge in [-0.05, 0) is 30.9 Å². The number of rotatable bonds is 7. The van der Waals surface area contributed by atoms with Crippen LogP contribution in [0.3, 0.4) is 0 Å². The zero-order chi connectivity index (χ0) is 16.2. The maximum absolute atomic E-state index is 12.4. The number of anilines is 1. The third kappa shape index (κ3) is 4.18. The van der Waals surface area contributed by atoms with E-state index in [0.717, 1.165) is 18.4 Å². The molecule has 0 fully saturated rings. The van der Waals surface area contributed by atoms with Crippen molar-refractivity contribution in [3.8, 4) is 0 Å². The normalized spacial score (nSPS) is 13.6. The van der Waals surface area contributed by atoms with E-state index >= 15 is 0 Å². The van der Waals surface area contributed by atoms with E-state index in [1.54, 1.807) is 26.0 Å². The average molecular weight is 314 g/mol. The van der Waals surface area contributed by atoms with Crippen molar-refractivity contribution in [3.63, 3.8) is 0 Å². The Kier molecular flexibility index (Phi) is 6.19. The Morgan fingerprint density at radius 1 is 1.19 bits per heavy atom. The van der Waals surface area contributed by atoms with E-state index in [0.29, 0.717) is 5.56 Å². The molecule has 0 radical (unpaired) electrons. The molecule has 0 heterocycles. The van der Waals surface area contributed by atoms with Crippen LogP contribution in [0, 0.1) is 19.8 Å². The van der Waals surface area contributed by atoms with Gasteiger partial charge in [-0.3, -0.25) is 0 Å². The van der Waals surface area contributed by atoms with Gasteiger partial charge in [-0.1, -0.05) is 38.8 Å². The first-order valence-corrected chi connectivity index (χ1v) is 8.76. The molecule has 0 aliphatic carbocycles. The van der Waals surface area contributed by atoms with Crippen molar-refractivity contribution in [2.75, 3.05) is 12.3 Å². The highest BCUT2D eigenvalue weighted by Gasteiger charge is 2.23. The summed E-state index contributed by atoms with van der Waals surface area (Å²) < 4.78 is 27.3. The summed E-state index contributed by atoms with van der Waals surface area (Å²) >= 11 is 0. The molecule has 0 spiro atoms. The smallest absolute Gasteiger partial charge is 0.242 e. The lowest BCUT2D eigenvalue weighted by molar-refractivity contribution is 0.107. The second kappa shape index (κ2) is 7.24. The molecule has 0 aromatic heterocycles. The third-order valence-corrected chi connectivity index (χ3v) is 5.58. The van der Waals surface area contributed by atoms with Crippen LogP contribution < -0.4 is 10.5 Å². The number of aryl methyl sites for hydroxylation is 2. The molecule has 4 N–H and O–H groups in total. The molecule has 21 heavy (non-hydrogen) atoms. The lowest BCUT2D eigenvalue weighted by Crippen LogP contribution is -2.36. The van der Waals surface area contributed by atoms with E-state index in [1.807, 2.05) is 13.8 Å². The molecule has 0 aliphatic heterocycles. The van der Waals surface area contributed by atoms with E-state index in [-0.39, 0.29) is 23.0 Å². The highest BCUT2D eigenvalue weighted by Crippen LogP contribution is 2.25. The van der Waals surface area contributed by atoms with Gasteiger partial charge >= 0.3 is 0 Å². The van der Waals surface area contributed by atoms with Gasteiger partial charge in [0.15, 0.2) is 0 Å². The number of nitrogen functional groups attached to an aromatic ring is 1. The maximum Gasteiger partial charge on any atom is 0.242 e. The fourth-order valence-corrected chi connectivity index (χ4v) is 3.91. The fourth-order valence-electron chi connectivity index (χ4n) is 2.43. The van der Waals surface area contributed by atoms with Crippen molar-refractivity contribution in [1.82, 2.24) is 4.72 Å². The Balaban J connectivity index is 2.96. The highest BCUT2D eigenvalue weighted by molar-refractivity contribution is 7.89. The van der Waals surface area contributed by atoms with Gasteiger partial charge in [0, 0.05) is 6.54 Å². The van der Waals surface area contributed by atoms with Crippen molar-refractivity contribution in [2.24, 2.45) is 5.92 Å². The molecule has 1 atom stereocenters. The molecule has 1 aromatic rings. The highest BCUT2D eigenvalue weighted by atomic mass is 32.2. The Bertz CT molecular complexity index is 581. The van der Waals surface area contributed by atoms with Gasteiger partial charge < -0.3 is 10.8 Å². The fraction of sp³-hybridized carbons (Fsp3) is 0.600. The second-order valence-electron chi connectivity index (χ2n) is 5.44. The number of aliphatic hydroxyl groups excluding tert-OH is 1. The molecular weight excluding hydrogens is 288 g/mol. The van der Waals surface area contributed by atoms with E-state index < -0.39 is 16.1 Å². The number of sulfonamides is 1. The number of benzene rings is 1. The third-order valence-electron chi connectivity index (χ3n) is 3.96. The van der Waals surface area contributed by atoms with Gasteiger partial charge in [-0.25, -0.2) is 13.1 Å². The Hall–Kier alpha value is -1.11. The Morgan fingerprint density at radius 2 is 1.71 bits per heavy atom. The van der Waals surface area contributed by atoms with Crippen molar-refractivity contribution in [3.05, 3.63) is 23.3 Å². The SMILES string of the molecule is CCC(CC)C(O)CNS(=O)(=O)c1c(C)ccc(C)c1N. The molecule has 0 saturated heterocycles. The maximum atomic E-state index is 12.4. The van der Waals surface area contributed by atoms with Crippen LogP contribution >= 0.6 is 0 Å². The molecule has 0 amide bonds. The van der Waals surface area contributed by atoms with Gasteiger partial charge in [0.1, 0.15) is 4.90 Å². The van der Waals surface area contributed by atoms with Crippen LogP contribution in [0.1, 0.15) is 37.8 Å². The summed E-state index contributed by atoms with van der Waals surface area (Å²) in [7, 11) is -3.72. The van der Waals surface area contributed by atoms with E-state index in [9.17, 15) is 13.5 Å². The average Bonchev–Trinajstić information content (AvgIpc) is 2.42. The van der Waals surface area contributed by atoms with Crippen molar-refractivity contribution >= 4 is 15.7 Å². The van der Waals surface area contributed by atoms with Gasteiger partial charge in [0.25, 0.3) is 0 Å². The predicted molar refractivity (Wildman–Crippen MR) is 85.6 cm³/mol. The Morgan fingerprint density at radius 3 is 2.24 bits per heavy atom. The van der Waals surface area contributed by atoms with E-state index in [2.05, 4.69) is 4.72 Å². The number of hydrogen-bond acceptors (Lipinski definition) is 4. The summed E-state index contributed by atoms with van der Waals surface area (Å²) in [5.41, 5.74) is 7.49. The second-order valence-corrected chi connectivity index (χ2v) is 7.14. The van der Waals surface area contributed by atoms with Gasteiger partial charge in [-0.2, -0.15) is 0 Å². The van der Waals surface area contributed by atoms with Crippen LogP contribution in [0.2, 0.25) is 0 Å². The van der Waals surface area contributed by atoms with Crippen LogP contribution in [0.25, 0.3) is 0 Å². The zero-order valence-corrected chi connectivity index (χ0v) is 14.0. The summed E-state index contributed by atoms with van der Waals surface area (Å²) in [6.07, 6.45) is 0.928. The summed E-state index contributed by atoms with van der Waals surface area (Å²) in [6, 6.07) is 3.53. The quantitative estimate of drug-likeness (QED) is 0.671. The summed E-state index contributed by atoms with van der Waals surface area (Å²) in [5.74, 6) is 0.0867. The lowest BCUT2D eigenvalue weighted by Gasteiger charge is -2.21. The van der Waals surface area contributed by atoms with Crippen molar-refractivity contribution in [1.29, 1.82) is 0 Å². The minimum Gasteiger partial charge on any atom is -0.397 e. The molecular formula is C15H26N2O3S. The summed E-state index contributed by atoms with van der Waals surface area (Å²) in [4.78, 5) is 0.110. The summed E-state index contributed by atoms with van der Waals surface area (Å²) in [6.45, 7) is 7.44. The monoisotopic (exact) mass is 314 g/mol. The number of aliphatic hydroxyl groups is 1. The molecule has 0 aliphatic rings. The minimum absolute atomic E-state index is 0.00149. The molecule has 0 bridgehead atoms. The van der Waals surface area contributed by atoms with Crippen LogP contribution in [0.4, 0.5) is 5.69 Å². The number of nitrogens with two attached hydrogens (primary N) is 1. The standard InChI is InChI=1S/C15H26N2O3S/c1-5-12(6-2)13(18)9-17-21(19,20)15-11(4)8-7-10(3)14(15)16/h7-8,12-13,17-18H,5-6,9,16H2,1-4H3. The Labute approximate surface area is 127 Å². The molecule has 1 rings (SSSR count). The zero-order valence-electron chi connectivity index (χ0n) is 13.2. The van der Waals surface area contributed by atoms with Crippen molar-refractivity contribution in [2.45, 2.75) is 51.5 Å². The number of nitrogens with one attached hydrogen (secondary N) is 1. The van der Waals surface area contributed by atoms with Crippen molar-refractivity contribution < 1.29 is 13.5 Å². The van der Waals surface area contributed by atoms with Crippen LogP contribution in [0.15, 0.2) is 17.0 Å². The van der Waals surface area contributed by atoms with Crippen LogP contribution in [0.5, 0.6) is 0 Å².